The molecule has 0 fully saturated rings. The van der Waals surface area contributed by atoms with Crippen molar-refractivity contribution in [1.82, 2.24) is 0 Å². The van der Waals surface area contributed by atoms with Crippen LogP contribution in [0.5, 0.6) is 0 Å². The lowest BCUT2D eigenvalue weighted by atomic mass is 10.1. The van der Waals surface area contributed by atoms with Gasteiger partial charge in [-0.05, 0) is 123 Å². The molecule has 0 amide bonds. The van der Waals surface area contributed by atoms with Crippen molar-refractivity contribution in [2.45, 2.75) is 40.5 Å². The molecule has 0 spiro atoms. The Labute approximate surface area is 387 Å². The third kappa shape index (κ3) is 13.3. The molecule has 0 aliphatic rings. The average Bonchev–Trinajstić information content (AvgIpc) is 3.32. The SMILES string of the molecule is C=C(COC(=O)Cc1ccc(N(c2ccc(C)cc2)c2ccc(/C=C/c3ccc(N(c4ccc(C)cc4)c4ccc(CC(=O)OCC(=C)C(=O)OCC)cc4)cc3)cc2)cc1)C(=O)OCC. The highest BCUT2D eigenvalue weighted by molar-refractivity contribution is 5.89. The Balaban J connectivity index is 1.13. The van der Waals surface area contributed by atoms with Crippen LogP contribution in [0.1, 0.15) is 47.2 Å². The topological polar surface area (TPSA) is 112 Å². The third-order valence-corrected chi connectivity index (χ3v) is 10.4. The molecule has 0 aliphatic carbocycles. The monoisotopic (exact) mass is 882 g/mol. The Morgan fingerprint density at radius 1 is 0.424 bits per heavy atom. The summed E-state index contributed by atoms with van der Waals surface area (Å²) in [6, 6.07) is 48.8. The van der Waals surface area contributed by atoms with Crippen molar-refractivity contribution in [2.24, 2.45) is 0 Å². The van der Waals surface area contributed by atoms with Gasteiger partial charge in [-0.15, -0.1) is 0 Å². The highest BCUT2D eigenvalue weighted by atomic mass is 16.6. The fraction of sp³-hybridized carbons (Fsp3) is 0.179. The zero-order valence-corrected chi connectivity index (χ0v) is 37.8. The van der Waals surface area contributed by atoms with E-state index in [-0.39, 0.29) is 50.4 Å². The number of carbonyl (C=O) groups excluding carboxylic acids is 4. The van der Waals surface area contributed by atoms with Gasteiger partial charge in [-0.1, -0.05) is 109 Å². The molecule has 0 bridgehead atoms. The van der Waals surface area contributed by atoms with Gasteiger partial charge in [0.05, 0.1) is 37.2 Å². The van der Waals surface area contributed by atoms with Crippen molar-refractivity contribution >= 4 is 70.2 Å². The molecule has 0 saturated heterocycles. The van der Waals surface area contributed by atoms with Gasteiger partial charge in [-0.2, -0.15) is 0 Å². The Kier molecular flexibility index (Phi) is 16.6. The summed E-state index contributed by atoms with van der Waals surface area (Å²) < 4.78 is 20.4. The molecule has 0 aliphatic heterocycles. The summed E-state index contributed by atoms with van der Waals surface area (Å²) in [5.41, 5.74) is 11.8. The van der Waals surface area contributed by atoms with Gasteiger partial charge in [-0.25, -0.2) is 9.59 Å². The van der Waals surface area contributed by atoms with Gasteiger partial charge < -0.3 is 28.7 Å². The molecule has 6 aromatic carbocycles. The van der Waals surface area contributed by atoms with Crippen LogP contribution in [0.2, 0.25) is 0 Å². The highest BCUT2D eigenvalue weighted by Crippen LogP contribution is 2.37. The van der Waals surface area contributed by atoms with Crippen LogP contribution in [0.25, 0.3) is 12.2 Å². The van der Waals surface area contributed by atoms with Gasteiger partial charge in [0.2, 0.25) is 0 Å². The van der Waals surface area contributed by atoms with Gasteiger partial charge in [-0.3, -0.25) is 9.59 Å². The minimum absolute atomic E-state index is 0.0469. The molecule has 0 heterocycles. The highest BCUT2D eigenvalue weighted by Gasteiger charge is 2.17. The van der Waals surface area contributed by atoms with Crippen LogP contribution in [0.3, 0.4) is 0 Å². The molecule has 0 aromatic heterocycles. The molecule has 6 aromatic rings. The van der Waals surface area contributed by atoms with Gasteiger partial charge in [0.1, 0.15) is 13.2 Å². The summed E-state index contributed by atoms with van der Waals surface area (Å²) in [6.07, 6.45) is 4.26. The van der Waals surface area contributed by atoms with Crippen LogP contribution in [-0.4, -0.2) is 50.3 Å². The van der Waals surface area contributed by atoms with E-state index in [0.29, 0.717) is 0 Å². The minimum atomic E-state index is -0.580. The lowest BCUT2D eigenvalue weighted by Gasteiger charge is -2.26. The summed E-state index contributed by atoms with van der Waals surface area (Å²) in [5.74, 6) is -2.09. The molecule has 10 nitrogen and oxygen atoms in total. The predicted octanol–water partition coefficient (Wildman–Crippen LogP) is 11.8. The van der Waals surface area contributed by atoms with Gasteiger partial charge in [0.15, 0.2) is 0 Å². The van der Waals surface area contributed by atoms with Crippen LogP contribution < -0.4 is 9.80 Å². The fourth-order valence-electron chi connectivity index (χ4n) is 6.82. The Hall–Kier alpha value is -7.98. The number of nitrogens with zero attached hydrogens (tertiary/aromatic N) is 2. The zero-order valence-electron chi connectivity index (χ0n) is 37.8. The number of anilines is 6. The maximum Gasteiger partial charge on any atom is 0.336 e. The van der Waals surface area contributed by atoms with Crippen molar-refractivity contribution < 1.29 is 38.1 Å². The largest absolute Gasteiger partial charge is 0.463 e. The second-order valence-corrected chi connectivity index (χ2v) is 15.5. The molecule has 336 valence electrons. The van der Waals surface area contributed by atoms with E-state index in [4.69, 9.17) is 18.9 Å². The maximum atomic E-state index is 12.6. The van der Waals surface area contributed by atoms with Crippen LogP contribution >= 0.6 is 0 Å². The summed E-state index contributed by atoms with van der Waals surface area (Å²) in [6.45, 7) is 14.8. The van der Waals surface area contributed by atoms with E-state index >= 15 is 0 Å². The number of benzene rings is 6. The Morgan fingerprint density at radius 2 is 0.697 bits per heavy atom. The quantitative estimate of drug-likeness (QED) is 0.0318. The van der Waals surface area contributed by atoms with E-state index in [1.807, 2.05) is 48.5 Å². The summed E-state index contributed by atoms with van der Waals surface area (Å²) in [5, 5.41) is 0. The molecule has 10 heteroatoms. The van der Waals surface area contributed by atoms with Crippen LogP contribution in [0.4, 0.5) is 34.1 Å². The normalized spacial score (nSPS) is 10.8. The van der Waals surface area contributed by atoms with Crippen molar-refractivity contribution in [2.75, 3.05) is 36.2 Å². The zero-order chi connectivity index (χ0) is 47.0. The molecule has 0 radical (unpaired) electrons. The molecular weight excluding hydrogens is 829 g/mol. The second kappa shape index (κ2) is 23.1. The number of aryl methyl sites for hydroxylation is 2. The first-order valence-electron chi connectivity index (χ1n) is 21.7. The lowest BCUT2D eigenvalue weighted by Crippen LogP contribution is -2.16. The van der Waals surface area contributed by atoms with E-state index in [9.17, 15) is 19.2 Å². The first-order chi connectivity index (χ1) is 31.9. The summed E-state index contributed by atoms with van der Waals surface area (Å²) in [4.78, 5) is 53.1. The Bertz CT molecular complexity index is 2460. The third-order valence-electron chi connectivity index (χ3n) is 10.4. The van der Waals surface area contributed by atoms with Crippen LogP contribution in [0, 0.1) is 13.8 Å². The number of hydrogen-bond acceptors (Lipinski definition) is 10. The number of ether oxygens (including phenoxy) is 4. The van der Waals surface area contributed by atoms with Gasteiger partial charge in [0.25, 0.3) is 0 Å². The molecule has 66 heavy (non-hydrogen) atoms. The molecule has 6 rings (SSSR count). The molecular formula is C56H54N2O8. The van der Waals surface area contributed by atoms with E-state index in [1.165, 1.54) is 0 Å². The van der Waals surface area contributed by atoms with Crippen molar-refractivity contribution in [3.05, 3.63) is 203 Å². The lowest BCUT2D eigenvalue weighted by molar-refractivity contribution is -0.145. The first-order valence-corrected chi connectivity index (χ1v) is 21.7. The Morgan fingerprint density at radius 3 is 0.985 bits per heavy atom. The minimum Gasteiger partial charge on any atom is -0.463 e. The van der Waals surface area contributed by atoms with Gasteiger partial charge >= 0.3 is 23.9 Å². The number of esters is 4. The van der Waals surface area contributed by atoms with E-state index in [2.05, 4.69) is 146 Å². The van der Waals surface area contributed by atoms with E-state index in [0.717, 1.165) is 67.5 Å². The predicted molar refractivity (Wildman–Crippen MR) is 262 cm³/mol. The molecule has 0 unspecified atom stereocenters. The molecule has 0 atom stereocenters. The van der Waals surface area contributed by atoms with Crippen LogP contribution in [-0.2, 0) is 51.0 Å². The fourth-order valence-corrected chi connectivity index (χ4v) is 6.82. The standard InChI is InChI=1S/C56H54N2O8/c1-7-63-55(61)41(5)37-65-53(59)35-45-19-31-51(32-20-45)57(47-23-9-39(3)10-24-47)49-27-15-43(16-28-49)13-14-44-17-29-50(30-18-44)58(48-25-11-40(4)12-26-48)52-33-21-46(22-34-52)36-54(60)66-38-42(6)56(62)64-8-2/h9-34H,5-8,35-38H2,1-4H3/b14-13+. The second-order valence-electron chi connectivity index (χ2n) is 15.5. The average molecular weight is 883 g/mol. The number of carbonyl (C=O) groups is 4. The number of rotatable bonds is 20. The van der Waals surface area contributed by atoms with E-state index < -0.39 is 23.9 Å². The van der Waals surface area contributed by atoms with Crippen molar-refractivity contribution in [3.63, 3.8) is 0 Å². The van der Waals surface area contributed by atoms with E-state index in [1.54, 1.807) is 13.8 Å². The van der Waals surface area contributed by atoms with Gasteiger partial charge in [0, 0.05) is 34.1 Å². The molecule has 0 N–H and O–H groups in total. The summed E-state index contributed by atoms with van der Waals surface area (Å²) in [7, 11) is 0. The van der Waals surface area contributed by atoms with Crippen molar-refractivity contribution in [1.29, 1.82) is 0 Å². The molecule has 0 saturated carbocycles. The smallest absolute Gasteiger partial charge is 0.336 e. The van der Waals surface area contributed by atoms with Crippen LogP contribution in [0.15, 0.2) is 170 Å². The number of hydrogen-bond donors (Lipinski definition) is 0. The first kappa shape index (κ1) is 47.5. The summed E-state index contributed by atoms with van der Waals surface area (Å²) >= 11 is 0. The van der Waals surface area contributed by atoms with Crippen molar-refractivity contribution in [3.8, 4) is 0 Å². The maximum absolute atomic E-state index is 12.6.